The third-order valence-corrected chi connectivity index (χ3v) is 6.30. The van der Waals surface area contributed by atoms with E-state index < -0.39 is 0 Å². The molecule has 6 heteroatoms. The standard InChI is InChI=1S/C21H21BrN4S/c1-13-12-15(14(2)26(13)18-10-5-4-8-16(18)22)20-19(24-21(27)25(20)3)17-9-6-7-11-23-17/h4-12,19-20H,1-3H3,(H,24,27)/t19-,20+/m1/s1. The first kappa shape index (κ1) is 18.2. The maximum absolute atomic E-state index is 5.57. The summed E-state index contributed by atoms with van der Waals surface area (Å²) in [6.45, 7) is 4.32. The van der Waals surface area contributed by atoms with E-state index >= 15 is 0 Å². The van der Waals surface area contributed by atoms with Gasteiger partial charge in [-0.1, -0.05) is 18.2 Å². The molecule has 0 amide bonds. The van der Waals surface area contributed by atoms with E-state index in [1.165, 1.54) is 17.0 Å². The molecule has 1 aromatic carbocycles. The van der Waals surface area contributed by atoms with Crippen molar-refractivity contribution in [1.82, 2.24) is 19.8 Å². The number of hydrogen-bond acceptors (Lipinski definition) is 2. The Kier molecular flexibility index (Phi) is 4.78. The number of nitrogens with zero attached hydrogens (tertiary/aromatic N) is 3. The average Bonchev–Trinajstić information content (AvgIpc) is 3.12. The number of para-hydroxylation sites is 1. The lowest BCUT2D eigenvalue weighted by Crippen LogP contribution is -2.25. The normalized spacial score (nSPS) is 19.4. The van der Waals surface area contributed by atoms with Gasteiger partial charge in [-0.2, -0.15) is 0 Å². The van der Waals surface area contributed by atoms with Gasteiger partial charge in [0.1, 0.15) is 0 Å². The number of thiocarbonyl (C=S) groups is 1. The number of pyridine rings is 1. The average molecular weight is 441 g/mol. The van der Waals surface area contributed by atoms with Gasteiger partial charge in [0.2, 0.25) is 0 Å². The van der Waals surface area contributed by atoms with Crippen LogP contribution in [0.25, 0.3) is 5.69 Å². The van der Waals surface area contributed by atoms with E-state index in [-0.39, 0.29) is 12.1 Å². The molecule has 1 saturated heterocycles. The highest BCUT2D eigenvalue weighted by Crippen LogP contribution is 2.40. The molecule has 138 valence electrons. The van der Waals surface area contributed by atoms with Crippen LogP contribution in [0.2, 0.25) is 0 Å². The number of nitrogens with one attached hydrogen (secondary N) is 1. The lowest BCUT2D eigenvalue weighted by molar-refractivity contribution is 0.367. The van der Waals surface area contributed by atoms with Crippen LogP contribution in [0.5, 0.6) is 0 Å². The number of halogens is 1. The number of hydrogen-bond donors (Lipinski definition) is 1. The topological polar surface area (TPSA) is 33.1 Å². The summed E-state index contributed by atoms with van der Waals surface area (Å²) in [5.41, 5.74) is 5.81. The molecule has 4 rings (SSSR count). The number of aromatic nitrogens is 2. The minimum atomic E-state index is 0.0249. The van der Waals surface area contributed by atoms with Crippen molar-refractivity contribution in [1.29, 1.82) is 0 Å². The highest BCUT2D eigenvalue weighted by Gasteiger charge is 2.39. The van der Waals surface area contributed by atoms with Crippen LogP contribution in [0.15, 0.2) is 59.2 Å². The molecule has 0 bridgehead atoms. The third-order valence-electron chi connectivity index (χ3n) is 5.22. The summed E-state index contributed by atoms with van der Waals surface area (Å²) in [6.07, 6.45) is 1.83. The molecule has 0 saturated carbocycles. The van der Waals surface area contributed by atoms with Gasteiger partial charge < -0.3 is 14.8 Å². The van der Waals surface area contributed by atoms with E-state index in [1.807, 2.05) is 31.4 Å². The molecule has 2 atom stereocenters. The summed E-state index contributed by atoms with van der Waals surface area (Å²) >= 11 is 9.26. The number of likely N-dealkylation sites (N-methyl/N-ethyl adjacent to an activating group) is 1. The maximum Gasteiger partial charge on any atom is 0.169 e. The van der Waals surface area contributed by atoms with Gasteiger partial charge in [-0.05, 0) is 77.9 Å². The quantitative estimate of drug-likeness (QED) is 0.589. The van der Waals surface area contributed by atoms with E-state index in [2.05, 4.69) is 79.9 Å². The van der Waals surface area contributed by atoms with Crippen LogP contribution in [0.1, 0.15) is 34.7 Å². The first-order valence-corrected chi connectivity index (χ1v) is 10.1. The second-order valence-electron chi connectivity index (χ2n) is 6.85. The van der Waals surface area contributed by atoms with Crippen molar-refractivity contribution in [2.45, 2.75) is 25.9 Å². The molecule has 1 N–H and O–H groups in total. The van der Waals surface area contributed by atoms with Crippen molar-refractivity contribution in [2.75, 3.05) is 7.05 Å². The zero-order valence-corrected chi connectivity index (χ0v) is 17.9. The van der Waals surface area contributed by atoms with E-state index in [0.29, 0.717) is 0 Å². The third kappa shape index (κ3) is 3.07. The van der Waals surface area contributed by atoms with Crippen LogP contribution in [0.3, 0.4) is 0 Å². The Hall–Kier alpha value is -2.18. The Labute approximate surface area is 173 Å². The largest absolute Gasteiger partial charge is 0.352 e. The van der Waals surface area contributed by atoms with Crippen LogP contribution in [0.4, 0.5) is 0 Å². The molecular formula is C21H21BrN4S. The van der Waals surface area contributed by atoms with Crippen molar-refractivity contribution < 1.29 is 0 Å². The number of rotatable bonds is 3. The Morgan fingerprint density at radius 1 is 1.11 bits per heavy atom. The van der Waals surface area contributed by atoms with Crippen LogP contribution < -0.4 is 5.32 Å². The Morgan fingerprint density at radius 3 is 2.56 bits per heavy atom. The molecule has 0 unspecified atom stereocenters. The van der Waals surface area contributed by atoms with Gasteiger partial charge in [-0.3, -0.25) is 4.98 Å². The maximum atomic E-state index is 5.57. The van der Waals surface area contributed by atoms with Crippen LogP contribution in [-0.4, -0.2) is 26.6 Å². The number of benzene rings is 1. The minimum absolute atomic E-state index is 0.0249. The van der Waals surface area contributed by atoms with E-state index in [9.17, 15) is 0 Å². The van der Waals surface area contributed by atoms with Crippen molar-refractivity contribution in [3.05, 3.63) is 81.8 Å². The fourth-order valence-electron chi connectivity index (χ4n) is 3.94. The lowest BCUT2D eigenvalue weighted by Gasteiger charge is -2.24. The van der Waals surface area contributed by atoms with E-state index in [4.69, 9.17) is 12.2 Å². The van der Waals surface area contributed by atoms with Gasteiger partial charge in [-0.15, -0.1) is 0 Å². The van der Waals surface area contributed by atoms with Crippen LogP contribution in [0, 0.1) is 13.8 Å². The fraction of sp³-hybridized carbons (Fsp3) is 0.238. The highest BCUT2D eigenvalue weighted by molar-refractivity contribution is 9.10. The SMILES string of the molecule is Cc1cc([C@H]2[C@@H](c3ccccn3)NC(=S)N2C)c(C)n1-c1ccccc1Br. The second kappa shape index (κ2) is 7.09. The first-order valence-electron chi connectivity index (χ1n) is 8.87. The predicted octanol–water partition coefficient (Wildman–Crippen LogP) is 4.85. The number of aryl methyl sites for hydroxylation is 1. The molecule has 0 radical (unpaired) electrons. The highest BCUT2D eigenvalue weighted by atomic mass is 79.9. The molecule has 3 heterocycles. The van der Waals surface area contributed by atoms with E-state index in [0.717, 1.165) is 21.0 Å². The zero-order valence-electron chi connectivity index (χ0n) is 15.5. The monoisotopic (exact) mass is 440 g/mol. The van der Waals surface area contributed by atoms with Crippen molar-refractivity contribution in [2.24, 2.45) is 0 Å². The summed E-state index contributed by atoms with van der Waals surface area (Å²) in [6, 6.07) is 16.7. The van der Waals surface area contributed by atoms with Gasteiger partial charge in [-0.25, -0.2) is 0 Å². The predicted molar refractivity (Wildman–Crippen MR) is 116 cm³/mol. The van der Waals surface area contributed by atoms with Crippen molar-refractivity contribution >= 4 is 33.3 Å². The Balaban J connectivity index is 1.84. The summed E-state index contributed by atoms with van der Waals surface area (Å²) in [5, 5.41) is 4.20. The van der Waals surface area contributed by atoms with Gasteiger partial charge in [0.15, 0.2) is 5.11 Å². The second-order valence-corrected chi connectivity index (χ2v) is 8.09. The Bertz CT molecular complexity index is 999. The summed E-state index contributed by atoms with van der Waals surface area (Å²) in [7, 11) is 2.05. The van der Waals surface area contributed by atoms with Crippen molar-refractivity contribution in [3.63, 3.8) is 0 Å². The molecule has 4 nitrogen and oxygen atoms in total. The smallest absolute Gasteiger partial charge is 0.169 e. The molecule has 27 heavy (non-hydrogen) atoms. The van der Waals surface area contributed by atoms with E-state index in [1.54, 1.807) is 0 Å². The molecule has 0 spiro atoms. The van der Waals surface area contributed by atoms with Gasteiger partial charge in [0.05, 0.1) is 23.5 Å². The molecule has 1 aliphatic heterocycles. The molecule has 1 fully saturated rings. The van der Waals surface area contributed by atoms with Gasteiger partial charge in [0.25, 0.3) is 0 Å². The van der Waals surface area contributed by atoms with Crippen molar-refractivity contribution in [3.8, 4) is 5.69 Å². The summed E-state index contributed by atoms with van der Waals surface area (Å²) in [5.74, 6) is 0. The molecule has 3 aromatic rings. The first-order chi connectivity index (χ1) is 13.0. The Morgan fingerprint density at radius 2 is 1.85 bits per heavy atom. The molecule has 0 aliphatic carbocycles. The zero-order chi connectivity index (χ0) is 19.1. The molecule has 2 aromatic heterocycles. The lowest BCUT2D eigenvalue weighted by atomic mass is 9.97. The van der Waals surface area contributed by atoms with Crippen LogP contribution in [-0.2, 0) is 0 Å². The van der Waals surface area contributed by atoms with Crippen LogP contribution >= 0.6 is 28.1 Å². The molecule has 1 aliphatic rings. The fourth-order valence-corrected chi connectivity index (χ4v) is 4.64. The molecular weight excluding hydrogens is 420 g/mol. The minimum Gasteiger partial charge on any atom is -0.352 e. The summed E-state index contributed by atoms with van der Waals surface area (Å²) < 4.78 is 3.37. The summed E-state index contributed by atoms with van der Waals surface area (Å²) in [4.78, 5) is 6.71. The van der Waals surface area contributed by atoms with Gasteiger partial charge >= 0.3 is 0 Å². The van der Waals surface area contributed by atoms with Gasteiger partial charge in [0, 0.05) is 29.1 Å².